The second kappa shape index (κ2) is 4.05. The van der Waals surface area contributed by atoms with Crippen LogP contribution in [0.5, 0.6) is 0 Å². The Labute approximate surface area is 88.7 Å². The third-order valence-electron chi connectivity index (χ3n) is 2.38. The molecule has 74 valence electrons. The molecule has 14 heavy (non-hydrogen) atoms. The number of para-hydroxylation sites is 1. The summed E-state index contributed by atoms with van der Waals surface area (Å²) in [6.07, 6.45) is 1.84. The van der Waals surface area contributed by atoms with Crippen molar-refractivity contribution in [3.05, 3.63) is 29.5 Å². The van der Waals surface area contributed by atoms with Gasteiger partial charge in [-0.05, 0) is 23.8 Å². The van der Waals surface area contributed by atoms with Crippen LogP contribution in [0.25, 0.3) is 11.0 Å². The van der Waals surface area contributed by atoms with Crippen molar-refractivity contribution in [2.24, 2.45) is 0 Å². The molecule has 1 aromatic heterocycles. The molecular formula is C11H13NOS. The van der Waals surface area contributed by atoms with E-state index in [1.807, 2.05) is 0 Å². The van der Waals surface area contributed by atoms with E-state index in [1.54, 1.807) is 0 Å². The van der Waals surface area contributed by atoms with E-state index < -0.39 is 0 Å². The molecule has 1 aromatic carbocycles. The Morgan fingerprint density at radius 2 is 2.29 bits per heavy atom. The van der Waals surface area contributed by atoms with E-state index in [0.717, 1.165) is 35.3 Å². The first-order valence-corrected chi connectivity index (χ1v) is 5.47. The van der Waals surface area contributed by atoms with E-state index in [-0.39, 0.29) is 0 Å². The molecule has 0 unspecified atom stereocenters. The summed E-state index contributed by atoms with van der Waals surface area (Å²) in [7, 11) is 0. The third-order valence-corrected chi connectivity index (χ3v) is 2.61. The summed E-state index contributed by atoms with van der Waals surface area (Å²) in [6, 6.07) is 6.20. The Hall–Kier alpha value is -0.960. The van der Waals surface area contributed by atoms with Gasteiger partial charge in [0.05, 0.1) is 5.69 Å². The van der Waals surface area contributed by atoms with Crippen LogP contribution in [0.3, 0.4) is 0 Å². The fraction of sp³-hybridized carbons (Fsp3) is 0.364. The molecule has 0 spiro atoms. The first-order chi connectivity index (χ1) is 6.86. The van der Waals surface area contributed by atoms with Crippen molar-refractivity contribution in [1.29, 1.82) is 0 Å². The highest BCUT2D eigenvalue weighted by atomic mass is 32.1. The molecule has 0 N–H and O–H groups in total. The predicted octanol–water partition coefficient (Wildman–Crippen LogP) is 2.86. The minimum atomic E-state index is 0.804. The summed E-state index contributed by atoms with van der Waals surface area (Å²) in [6.45, 7) is 2.12. The van der Waals surface area contributed by atoms with Gasteiger partial charge in [0.25, 0.3) is 0 Å². The third kappa shape index (κ3) is 1.52. The number of rotatable bonds is 3. The first kappa shape index (κ1) is 9.59. The summed E-state index contributed by atoms with van der Waals surface area (Å²) < 4.78 is 5.34. The Bertz CT molecular complexity index is 436. The zero-order valence-corrected chi connectivity index (χ0v) is 9.05. The van der Waals surface area contributed by atoms with Crippen LogP contribution in [0.2, 0.25) is 0 Å². The highest BCUT2D eigenvalue weighted by Crippen LogP contribution is 2.22. The lowest BCUT2D eigenvalue weighted by Gasteiger charge is -1.95. The minimum Gasteiger partial charge on any atom is -0.356 e. The van der Waals surface area contributed by atoms with Gasteiger partial charge in [-0.25, -0.2) is 0 Å². The lowest BCUT2D eigenvalue weighted by molar-refractivity contribution is 0.445. The van der Waals surface area contributed by atoms with Gasteiger partial charge in [-0.1, -0.05) is 24.2 Å². The lowest BCUT2D eigenvalue weighted by Crippen LogP contribution is -1.86. The van der Waals surface area contributed by atoms with E-state index in [0.29, 0.717) is 0 Å². The molecule has 0 saturated carbocycles. The monoisotopic (exact) mass is 207 g/mol. The van der Waals surface area contributed by atoms with Crippen LogP contribution in [-0.4, -0.2) is 10.9 Å². The standard InChI is InChI=1S/C11H13NOS/c1-2-8-4-3-5-9-10(6-7-14)12-13-11(8)9/h3-5,14H,2,6-7H2,1H3. The molecule has 2 nitrogen and oxygen atoms in total. The van der Waals surface area contributed by atoms with E-state index in [4.69, 9.17) is 4.52 Å². The van der Waals surface area contributed by atoms with E-state index in [2.05, 4.69) is 42.9 Å². The fourth-order valence-corrected chi connectivity index (χ4v) is 1.85. The molecular weight excluding hydrogens is 194 g/mol. The molecule has 1 heterocycles. The van der Waals surface area contributed by atoms with Crippen LogP contribution in [0.1, 0.15) is 18.2 Å². The highest BCUT2D eigenvalue weighted by Gasteiger charge is 2.09. The van der Waals surface area contributed by atoms with E-state index >= 15 is 0 Å². The summed E-state index contributed by atoms with van der Waals surface area (Å²) in [5.74, 6) is 0.804. The average molecular weight is 207 g/mol. The van der Waals surface area contributed by atoms with Crippen LogP contribution >= 0.6 is 12.6 Å². The number of aryl methyl sites for hydroxylation is 2. The van der Waals surface area contributed by atoms with Crippen molar-refractivity contribution < 1.29 is 4.52 Å². The van der Waals surface area contributed by atoms with Crippen LogP contribution in [0.15, 0.2) is 22.7 Å². The summed E-state index contributed by atoms with van der Waals surface area (Å²) >= 11 is 4.20. The smallest absolute Gasteiger partial charge is 0.170 e. The fourth-order valence-electron chi connectivity index (χ4n) is 1.63. The van der Waals surface area contributed by atoms with Gasteiger partial charge in [-0.2, -0.15) is 12.6 Å². The number of hydrogen-bond donors (Lipinski definition) is 1. The maximum absolute atomic E-state index is 5.34. The SMILES string of the molecule is CCc1cccc2c(CCS)noc12. The van der Waals surface area contributed by atoms with Crippen molar-refractivity contribution in [3.63, 3.8) is 0 Å². The summed E-state index contributed by atoms with van der Waals surface area (Å²) in [4.78, 5) is 0. The Morgan fingerprint density at radius 1 is 1.43 bits per heavy atom. The molecule has 2 rings (SSSR count). The Morgan fingerprint density at radius 3 is 3.00 bits per heavy atom. The summed E-state index contributed by atoms with van der Waals surface area (Å²) in [5.41, 5.74) is 3.18. The maximum Gasteiger partial charge on any atom is 0.170 e. The normalized spacial score (nSPS) is 11.0. The molecule has 0 amide bonds. The van der Waals surface area contributed by atoms with Gasteiger partial charge in [0.15, 0.2) is 5.58 Å². The Kier molecular flexibility index (Phi) is 2.77. The van der Waals surface area contributed by atoms with Gasteiger partial charge in [0, 0.05) is 11.8 Å². The molecule has 0 aliphatic carbocycles. The number of fused-ring (bicyclic) bond motifs is 1. The van der Waals surface area contributed by atoms with Crippen molar-refractivity contribution in [1.82, 2.24) is 5.16 Å². The van der Waals surface area contributed by atoms with Crippen molar-refractivity contribution in [2.45, 2.75) is 19.8 Å². The van der Waals surface area contributed by atoms with E-state index in [9.17, 15) is 0 Å². The minimum absolute atomic E-state index is 0.804. The molecule has 0 radical (unpaired) electrons. The average Bonchev–Trinajstić information content (AvgIpc) is 2.62. The zero-order valence-electron chi connectivity index (χ0n) is 8.16. The van der Waals surface area contributed by atoms with Crippen molar-refractivity contribution in [3.8, 4) is 0 Å². The molecule has 3 heteroatoms. The van der Waals surface area contributed by atoms with Crippen LogP contribution in [-0.2, 0) is 12.8 Å². The second-order valence-corrected chi connectivity index (χ2v) is 3.70. The van der Waals surface area contributed by atoms with Gasteiger partial charge < -0.3 is 4.52 Å². The first-order valence-electron chi connectivity index (χ1n) is 4.83. The topological polar surface area (TPSA) is 26.0 Å². The molecule has 2 aromatic rings. The van der Waals surface area contributed by atoms with Crippen LogP contribution in [0, 0.1) is 0 Å². The summed E-state index contributed by atoms with van der Waals surface area (Å²) in [5, 5.41) is 5.21. The van der Waals surface area contributed by atoms with E-state index in [1.165, 1.54) is 5.56 Å². The van der Waals surface area contributed by atoms with Crippen LogP contribution < -0.4 is 0 Å². The number of aromatic nitrogens is 1. The number of benzene rings is 1. The van der Waals surface area contributed by atoms with Gasteiger partial charge >= 0.3 is 0 Å². The number of thiol groups is 1. The van der Waals surface area contributed by atoms with Gasteiger partial charge in [-0.15, -0.1) is 0 Å². The second-order valence-electron chi connectivity index (χ2n) is 3.25. The predicted molar refractivity (Wildman–Crippen MR) is 60.9 cm³/mol. The molecule has 0 bridgehead atoms. The zero-order chi connectivity index (χ0) is 9.97. The molecule has 0 saturated heterocycles. The van der Waals surface area contributed by atoms with Crippen LogP contribution in [0.4, 0.5) is 0 Å². The largest absolute Gasteiger partial charge is 0.356 e. The van der Waals surface area contributed by atoms with Crippen molar-refractivity contribution >= 4 is 23.6 Å². The number of hydrogen-bond acceptors (Lipinski definition) is 3. The van der Waals surface area contributed by atoms with Crippen molar-refractivity contribution in [2.75, 3.05) is 5.75 Å². The quantitative estimate of drug-likeness (QED) is 0.783. The molecule has 0 fully saturated rings. The number of nitrogens with zero attached hydrogens (tertiary/aromatic N) is 1. The maximum atomic E-state index is 5.34. The molecule has 0 atom stereocenters. The van der Waals surface area contributed by atoms with Gasteiger partial charge in [0.1, 0.15) is 0 Å². The highest BCUT2D eigenvalue weighted by molar-refractivity contribution is 7.80. The molecule has 0 aliphatic rings. The van der Waals surface area contributed by atoms with Gasteiger partial charge in [-0.3, -0.25) is 0 Å². The Balaban J connectivity index is 2.57. The lowest BCUT2D eigenvalue weighted by atomic mass is 10.1. The van der Waals surface area contributed by atoms with Gasteiger partial charge in [0.2, 0.25) is 0 Å². The molecule has 0 aliphatic heterocycles.